The zero-order chi connectivity index (χ0) is 19.6. The maximum Gasteiger partial charge on any atom is 0.325 e. The average Bonchev–Trinajstić information content (AvgIpc) is 3.30. The second kappa shape index (κ2) is 8.14. The summed E-state index contributed by atoms with van der Waals surface area (Å²) in [6, 6.07) is 5.92. The predicted octanol–water partition coefficient (Wildman–Crippen LogP) is 0.773. The molecule has 28 heavy (non-hydrogen) atoms. The largest absolute Gasteiger partial charge is 0.325 e. The van der Waals surface area contributed by atoms with Crippen LogP contribution in [0.4, 0.5) is 9.18 Å². The maximum atomic E-state index is 13.5. The summed E-state index contributed by atoms with van der Waals surface area (Å²) in [5.41, 5.74) is 6.09. The monoisotopic (exact) mass is 389 g/mol. The highest BCUT2D eigenvalue weighted by molar-refractivity contribution is 6.07. The number of benzene rings is 1. The minimum absolute atomic E-state index is 0.0649. The Morgan fingerprint density at radius 1 is 1.07 bits per heavy atom. The SMILES string of the molecule is O=C1NC(Cc2ccc(F)cc2)(C2CCNCC2)C(=O)N1CCC1CNNC1. The number of hydrazine groups is 1. The lowest BCUT2D eigenvalue weighted by Crippen LogP contribution is -2.57. The van der Waals surface area contributed by atoms with Gasteiger partial charge in [0.1, 0.15) is 11.4 Å². The molecule has 152 valence electrons. The molecular weight excluding hydrogens is 361 g/mol. The Morgan fingerprint density at radius 3 is 2.43 bits per heavy atom. The van der Waals surface area contributed by atoms with Crippen LogP contribution in [-0.4, -0.2) is 55.1 Å². The van der Waals surface area contributed by atoms with E-state index in [1.165, 1.54) is 17.0 Å². The van der Waals surface area contributed by atoms with Gasteiger partial charge >= 0.3 is 6.03 Å². The Balaban J connectivity index is 1.56. The van der Waals surface area contributed by atoms with Crippen LogP contribution in [0.1, 0.15) is 24.8 Å². The number of nitrogens with zero attached hydrogens (tertiary/aromatic N) is 1. The zero-order valence-electron chi connectivity index (χ0n) is 16.0. The summed E-state index contributed by atoms with van der Waals surface area (Å²) < 4.78 is 13.3. The van der Waals surface area contributed by atoms with E-state index in [0.29, 0.717) is 18.9 Å². The fraction of sp³-hybridized carbons (Fsp3) is 0.600. The molecule has 3 saturated heterocycles. The molecule has 0 aliphatic carbocycles. The Hall–Kier alpha value is -2.03. The molecule has 1 aromatic rings. The van der Waals surface area contributed by atoms with Crippen molar-refractivity contribution in [3.8, 4) is 0 Å². The van der Waals surface area contributed by atoms with Crippen LogP contribution in [-0.2, 0) is 11.2 Å². The molecule has 3 amide bonds. The lowest BCUT2D eigenvalue weighted by atomic mass is 9.74. The highest BCUT2D eigenvalue weighted by atomic mass is 19.1. The number of rotatable bonds is 6. The van der Waals surface area contributed by atoms with Crippen molar-refractivity contribution in [2.75, 3.05) is 32.7 Å². The van der Waals surface area contributed by atoms with Crippen molar-refractivity contribution in [2.45, 2.75) is 31.2 Å². The van der Waals surface area contributed by atoms with E-state index in [2.05, 4.69) is 21.5 Å². The normalized spacial score (nSPS) is 26.8. The number of hydrogen-bond donors (Lipinski definition) is 4. The summed E-state index contributed by atoms with van der Waals surface area (Å²) in [7, 11) is 0. The molecule has 3 aliphatic rings. The number of carbonyl (C=O) groups is 2. The number of urea groups is 1. The van der Waals surface area contributed by atoms with E-state index in [1.807, 2.05) is 0 Å². The van der Waals surface area contributed by atoms with E-state index in [4.69, 9.17) is 0 Å². The summed E-state index contributed by atoms with van der Waals surface area (Å²) >= 11 is 0. The van der Waals surface area contributed by atoms with E-state index >= 15 is 0 Å². The van der Waals surface area contributed by atoms with Crippen molar-refractivity contribution < 1.29 is 14.0 Å². The van der Waals surface area contributed by atoms with Gasteiger partial charge in [-0.1, -0.05) is 12.1 Å². The summed E-state index contributed by atoms with van der Waals surface area (Å²) in [6.07, 6.45) is 2.83. The number of piperidine rings is 1. The van der Waals surface area contributed by atoms with E-state index in [0.717, 1.165) is 51.0 Å². The molecule has 3 aliphatic heterocycles. The van der Waals surface area contributed by atoms with Gasteiger partial charge < -0.3 is 10.6 Å². The van der Waals surface area contributed by atoms with Gasteiger partial charge in [-0.15, -0.1) is 0 Å². The molecule has 7 nitrogen and oxygen atoms in total. The molecule has 0 spiro atoms. The van der Waals surface area contributed by atoms with E-state index in [9.17, 15) is 14.0 Å². The van der Waals surface area contributed by atoms with Gasteiger partial charge in [-0.05, 0) is 61.9 Å². The molecule has 1 atom stereocenters. The minimum atomic E-state index is -0.941. The van der Waals surface area contributed by atoms with Gasteiger partial charge in [-0.3, -0.25) is 20.5 Å². The van der Waals surface area contributed by atoms with Gasteiger partial charge in [0.25, 0.3) is 5.91 Å². The molecular formula is C20H28FN5O2. The molecule has 0 bridgehead atoms. The first-order valence-electron chi connectivity index (χ1n) is 10.1. The van der Waals surface area contributed by atoms with Gasteiger partial charge in [0, 0.05) is 26.1 Å². The van der Waals surface area contributed by atoms with Gasteiger partial charge in [0.15, 0.2) is 0 Å². The molecule has 0 aromatic heterocycles. The van der Waals surface area contributed by atoms with E-state index in [1.54, 1.807) is 12.1 Å². The van der Waals surface area contributed by atoms with Crippen molar-refractivity contribution >= 4 is 11.9 Å². The number of carbonyl (C=O) groups excluding carboxylic acids is 2. The van der Waals surface area contributed by atoms with Crippen LogP contribution in [0.2, 0.25) is 0 Å². The van der Waals surface area contributed by atoms with Gasteiger partial charge in [-0.2, -0.15) is 0 Å². The molecule has 4 rings (SSSR count). The second-order valence-corrected chi connectivity index (χ2v) is 8.10. The predicted molar refractivity (Wildman–Crippen MR) is 103 cm³/mol. The molecule has 4 N–H and O–H groups in total. The van der Waals surface area contributed by atoms with Crippen molar-refractivity contribution in [1.29, 1.82) is 0 Å². The molecule has 1 unspecified atom stereocenters. The highest BCUT2D eigenvalue weighted by Crippen LogP contribution is 2.35. The lowest BCUT2D eigenvalue weighted by molar-refractivity contribution is -0.133. The third-order valence-electron chi connectivity index (χ3n) is 6.30. The summed E-state index contributed by atoms with van der Waals surface area (Å²) in [5, 5.41) is 6.39. The van der Waals surface area contributed by atoms with Crippen LogP contribution < -0.4 is 21.5 Å². The molecule has 8 heteroatoms. The minimum Gasteiger partial charge on any atom is -0.322 e. The fourth-order valence-corrected chi connectivity index (χ4v) is 4.65. The number of imide groups is 1. The van der Waals surface area contributed by atoms with Crippen LogP contribution in [0.5, 0.6) is 0 Å². The third-order valence-corrected chi connectivity index (χ3v) is 6.30. The lowest BCUT2D eigenvalue weighted by Gasteiger charge is -2.38. The molecule has 1 aromatic carbocycles. The highest BCUT2D eigenvalue weighted by Gasteiger charge is 2.55. The fourth-order valence-electron chi connectivity index (χ4n) is 4.65. The van der Waals surface area contributed by atoms with Crippen molar-refractivity contribution in [2.24, 2.45) is 11.8 Å². The number of hydrogen-bond acceptors (Lipinski definition) is 5. The Kier molecular flexibility index (Phi) is 5.61. The Bertz CT molecular complexity index is 716. The summed E-state index contributed by atoms with van der Waals surface area (Å²) in [4.78, 5) is 27.7. The third kappa shape index (κ3) is 3.76. The molecule has 3 heterocycles. The first-order chi connectivity index (χ1) is 13.6. The number of nitrogens with one attached hydrogen (secondary N) is 4. The topological polar surface area (TPSA) is 85.5 Å². The summed E-state index contributed by atoms with van der Waals surface area (Å²) in [5.74, 6) is 0.0381. The van der Waals surface area contributed by atoms with Crippen LogP contribution in [0.3, 0.4) is 0 Å². The van der Waals surface area contributed by atoms with Crippen LogP contribution in [0.15, 0.2) is 24.3 Å². The van der Waals surface area contributed by atoms with Crippen molar-refractivity contribution in [3.63, 3.8) is 0 Å². The smallest absolute Gasteiger partial charge is 0.322 e. The molecule has 0 radical (unpaired) electrons. The molecule has 0 saturated carbocycles. The standard InChI is InChI=1S/C20H28FN5O2/c21-17-3-1-14(2-4-17)11-20(16-5-8-22-9-6-16)18(27)26(19(28)25-20)10-7-15-12-23-24-13-15/h1-4,15-16,22-24H,5-13H2,(H,25,28). The van der Waals surface area contributed by atoms with Crippen LogP contribution >= 0.6 is 0 Å². The van der Waals surface area contributed by atoms with Gasteiger partial charge in [0.2, 0.25) is 0 Å². The zero-order valence-corrected chi connectivity index (χ0v) is 16.0. The van der Waals surface area contributed by atoms with E-state index < -0.39 is 5.54 Å². The maximum absolute atomic E-state index is 13.5. The van der Waals surface area contributed by atoms with Crippen LogP contribution in [0.25, 0.3) is 0 Å². The summed E-state index contributed by atoms with van der Waals surface area (Å²) in [6.45, 7) is 3.78. The molecule has 3 fully saturated rings. The Labute approximate surface area is 164 Å². The van der Waals surface area contributed by atoms with Crippen molar-refractivity contribution in [3.05, 3.63) is 35.6 Å². The van der Waals surface area contributed by atoms with E-state index in [-0.39, 0.29) is 23.7 Å². The number of halogens is 1. The Morgan fingerprint density at radius 2 is 1.75 bits per heavy atom. The van der Waals surface area contributed by atoms with Gasteiger partial charge in [0.05, 0.1) is 0 Å². The first-order valence-corrected chi connectivity index (χ1v) is 10.1. The van der Waals surface area contributed by atoms with Gasteiger partial charge in [-0.25, -0.2) is 9.18 Å². The van der Waals surface area contributed by atoms with Crippen molar-refractivity contribution in [1.82, 2.24) is 26.4 Å². The first kappa shape index (κ1) is 19.3. The second-order valence-electron chi connectivity index (χ2n) is 8.10. The number of amides is 3. The quantitative estimate of drug-likeness (QED) is 0.540. The average molecular weight is 389 g/mol. The van der Waals surface area contributed by atoms with Crippen LogP contribution in [0, 0.1) is 17.7 Å².